The topological polar surface area (TPSA) is 79.6 Å². The van der Waals surface area contributed by atoms with Gasteiger partial charge in [-0.05, 0) is 65.1 Å². The first kappa shape index (κ1) is 31.3. The van der Waals surface area contributed by atoms with Crippen LogP contribution < -0.4 is 9.47 Å². The number of Topliss-reactive ketones (excluding diaryl/α,β-unsaturated/α-hetero) is 1. The summed E-state index contributed by atoms with van der Waals surface area (Å²) in [5.41, 5.74) is 0.574. The predicted octanol–water partition coefficient (Wildman–Crippen LogP) is 8.59. The van der Waals surface area contributed by atoms with Crippen LogP contribution in [0.5, 0.6) is 11.5 Å². The molecular weight excluding hydrogens is 638 g/mol. The highest BCUT2D eigenvalue weighted by Crippen LogP contribution is 2.64. The fourth-order valence-corrected chi connectivity index (χ4v) is 7.60. The number of hydrogen-bond donors (Lipinski definition) is 1. The molecule has 1 N–H and O–H groups in total. The molecule has 5 aromatic carbocycles. The summed E-state index contributed by atoms with van der Waals surface area (Å²) in [4.78, 5) is 15.0. The van der Waals surface area contributed by atoms with Crippen molar-refractivity contribution in [1.29, 1.82) is 5.26 Å². The molecule has 6 rings (SSSR count). The van der Waals surface area contributed by atoms with Crippen molar-refractivity contribution in [3.05, 3.63) is 166 Å². The SMILES string of the molecule is COc1ccc([C@H]2C[C@@](O)(c3ccccc3)[C@H](C(=O)c3ccccc3)[C@@H](c3ccc(OC)cc3)[C@]2(C#N)c2ccc(Br)cc2)cc1. The van der Waals surface area contributed by atoms with E-state index in [0.29, 0.717) is 22.6 Å². The second kappa shape index (κ2) is 13.0. The van der Waals surface area contributed by atoms with Gasteiger partial charge in [-0.3, -0.25) is 4.79 Å². The molecule has 0 aliphatic heterocycles. The van der Waals surface area contributed by atoms with Crippen molar-refractivity contribution >= 4 is 21.7 Å². The number of benzene rings is 5. The lowest BCUT2D eigenvalue weighted by atomic mass is 9.46. The number of carbonyl (C=O) groups is 1. The van der Waals surface area contributed by atoms with Gasteiger partial charge in [0.05, 0.1) is 31.6 Å². The molecule has 5 atom stereocenters. The number of carbonyl (C=O) groups excluding carboxylic acids is 1. The average Bonchev–Trinajstić information content (AvgIpc) is 3.12. The van der Waals surface area contributed by atoms with Crippen molar-refractivity contribution in [2.24, 2.45) is 5.92 Å². The van der Waals surface area contributed by atoms with Crippen LogP contribution in [0.3, 0.4) is 0 Å². The van der Waals surface area contributed by atoms with Gasteiger partial charge in [0.1, 0.15) is 17.1 Å². The molecule has 0 aromatic heterocycles. The normalized spacial score (nSPS) is 24.0. The molecule has 0 spiro atoms. The van der Waals surface area contributed by atoms with Crippen LogP contribution in [-0.2, 0) is 11.0 Å². The Morgan fingerprint density at radius 2 is 1.26 bits per heavy atom. The van der Waals surface area contributed by atoms with Crippen LogP contribution in [-0.4, -0.2) is 25.1 Å². The molecule has 1 saturated carbocycles. The zero-order valence-corrected chi connectivity index (χ0v) is 27.2. The van der Waals surface area contributed by atoms with Crippen molar-refractivity contribution in [3.63, 3.8) is 0 Å². The molecule has 0 heterocycles. The van der Waals surface area contributed by atoms with Gasteiger partial charge in [0.15, 0.2) is 5.78 Å². The third kappa shape index (κ3) is 5.40. The van der Waals surface area contributed by atoms with Crippen molar-refractivity contribution in [2.45, 2.75) is 29.3 Å². The van der Waals surface area contributed by atoms with Crippen LogP contribution >= 0.6 is 15.9 Å². The zero-order chi connectivity index (χ0) is 32.3. The first-order valence-electron chi connectivity index (χ1n) is 15.2. The van der Waals surface area contributed by atoms with E-state index in [0.717, 1.165) is 21.2 Å². The van der Waals surface area contributed by atoms with E-state index in [1.807, 2.05) is 121 Å². The molecule has 230 valence electrons. The summed E-state index contributed by atoms with van der Waals surface area (Å²) in [5, 5.41) is 24.9. The predicted molar refractivity (Wildman–Crippen MR) is 182 cm³/mol. The quantitative estimate of drug-likeness (QED) is 0.167. The van der Waals surface area contributed by atoms with E-state index in [9.17, 15) is 15.2 Å². The van der Waals surface area contributed by atoms with E-state index in [1.54, 1.807) is 26.4 Å². The Bertz CT molecular complexity index is 1840. The molecule has 5 nitrogen and oxygen atoms in total. The number of ether oxygens (including phenoxy) is 2. The molecule has 0 amide bonds. The molecule has 0 radical (unpaired) electrons. The third-order valence-electron chi connectivity index (χ3n) is 9.52. The second-order valence-corrected chi connectivity index (χ2v) is 12.7. The van der Waals surface area contributed by atoms with E-state index in [2.05, 4.69) is 22.0 Å². The standard InChI is InChI=1S/C40H34BrNO4/c1-45-33-21-13-27(14-22-33)35-25-40(44,31-11-7-4-8-12-31)37(38(43)29-9-5-3-6-10-29)36(28-15-23-34(46-2)24-16-28)39(35,26-42)30-17-19-32(41)20-18-30/h3-24,35-37,44H,25H2,1-2H3/t35-,36-,37+,39-,40-/m1/s1. The number of nitriles is 1. The lowest BCUT2D eigenvalue weighted by molar-refractivity contribution is -0.0738. The number of nitrogens with zero attached hydrogens (tertiary/aromatic N) is 1. The lowest BCUT2D eigenvalue weighted by Gasteiger charge is -2.56. The van der Waals surface area contributed by atoms with Crippen molar-refractivity contribution in [1.82, 2.24) is 0 Å². The summed E-state index contributed by atoms with van der Waals surface area (Å²) in [6.07, 6.45) is 0.128. The number of halogens is 1. The minimum atomic E-state index is -1.64. The Morgan fingerprint density at radius 3 is 1.78 bits per heavy atom. The number of rotatable bonds is 8. The molecule has 46 heavy (non-hydrogen) atoms. The Labute approximate surface area is 278 Å². The molecule has 0 saturated heterocycles. The highest BCUT2D eigenvalue weighted by atomic mass is 79.9. The lowest BCUT2D eigenvalue weighted by Crippen LogP contribution is -2.58. The molecule has 5 aromatic rings. The highest BCUT2D eigenvalue weighted by molar-refractivity contribution is 9.10. The van der Waals surface area contributed by atoms with Gasteiger partial charge >= 0.3 is 0 Å². The Kier molecular flexibility index (Phi) is 8.82. The van der Waals surface area contributed by atoms with Crippen LogP contribution in [0.25, 0.3) is 0 Å². The van der Waals surface area contributed by atoms with Gasteiger partial charge in [-0.25, -0.2) is 0 Å². The number of hydrogen-bond acceptors (Lipinski definition) is 5. The summed E-state index contributed by atoms with van der Waals surface area (Å²) in [6, 6.07) is 44.3. The fourth-order valence-electron chi connectivity index (χ4n) is 7.33. The van der Waals surface area contributed by atoms with Crippen molar-refractivity contribution in [3.8, 4) is 17.6 Å². The largest absolute Gasteiger partial charge is 0.497 e. The highest BCUT2D eigenvalue weighted by Gasteiger charge is 2.64. The molecule has 0 unspecified atom stereocenters. The minimum absolute atomic E-state index is 0.128. The summed E-state index contributed by atoms with van der Waals surface area (Å²) < 4.78 is 11.9. The van der Waals surface area contributed by atoms with Crippen molar-refractivity contribution < 1.29 is 19.4 Å². The molecule has 0 bridgehead atoms. The summed E-state index contributed by atoms with van der Waals surface area (Å²) in [7, 11) is 3.22. The van der Waals surface area contributed by atoms with Crippen LogP contribution in [0.1, 0.15) is 50.9 Å². The van der Waals surface area contributed by atoms with Gasteiger partial charge in [-0.2, -0.15) is 5.26 Å². The first-order chi connectivity index (χ1) is 22.3. The van der Waals surface area contributed by atoms with Crippen LogP contribution in [0.4, 0.5) is 0 Å². The fraction of sp³-hybridized carbons (Fsp3) is 0.200. The van der Waals surface area contributed by atoms with Gasteiger partial charge < -0.3 is 14.6 Å². The summed E-state index contributed by atoms with van der Waals surface area (Å²) in [5.74, 6) is -1.21. The zero-order valence-electron chi connectivity index (χ0n) is 25.6. The maximum absolute atomic E-state index is 15.0. The van der Waals surface area contributed by atoms with E-state index in [4.69, 9.17) is 9.47 Å². The molecule has 1 fully saturated rings. The van der Waals surface area contributed by atoms with Gasteiger partial charge in [-0.15, -0.1) is 0 Å². The van der Waals surface area contributed by atoms with E-state index >= 15 is 0 Å². The van der Waals surface area contributed by atoms with Crippen LogP contribution in [0, 0.1) is 17.2 Å². The maximum Gasteiger partial charge on any atom is 0.169 e. The van der Waals surface area contributed by atoms with E-state index in [-0.39, 0.29) is 12.2 Å². The van der Waals surface area contributed by atoms with Gasteiger partial charge in [-0.1, -0.05) is 113 Å². The monoisotopic (exact) mass is 671 g/mol. The molecule has 6 heteroatoms. The smallest absolute Gasteiger partial charge is 0.169 e. The summed E-state index contributed by atoms with van der Waals surface area (Å²) >= 11 is 3.57. The summed E-state index contributed by atoms with van der Waals surface area (Å²) in [6.45, 7) is 0. The Morgan fingerprint density at radius 1 is 0.739 bits per heavy atom. The number of methoxy groups -OCH3 is 2. The second-order valence-electron chi connectivity index (χ2n) is 11.8. The average molecular weight is 673 g/mol. The molecule has 1 aliphatic carbocycles. The Hall–Kier alpha value is -4.70. The third-order valence-corrected chi connectivity index (χ3v) is 10.0. The number of ketones is 1. The van der Waals surface area contributed by atoms with Crippen LogP contribution in [0.2, 0.25) is 0 Å². The molecule has 1 aliphatic rings. The van der Waals surface area contributed by atoms with E-state index < -0.39 is 28.8 Å². The maximum atomic E-state index is 15.0. The first-order valence-corrected chi connectivity index (χ1v) is 16.0. The van der Waals surface area contributed by atoms with Gasteiger partial charge in [0.25, 0.3) is 0 Å². The minimum Gasteiger partial charge on any atom is -0.497 e. The van der Waals surface area contributed by atoms with Gasteiger partial charge in [0.2, 0.25) is 0 Å². The van der Waals surface area contributed by atoms with Gasteiger partial charge in [0, 0.05) is 21.9 Å². The van der Waals surface area contributed by atoms with Crippen molar-refractivity contribution in [2.75, 3.05) is 14.2 Å². The molecular formula is C40H34BrNO4. The Balaban J connectivity index is 1.73. The number of aliphatic hydroxyl groups is 1. The van der Waals surface area contributed by atoms with Crippen LogP contribution in [0.15, 0.2) is 138 Å². The van der Waals surface area contributed by atoms with E-state index in [1.165, 1.54) is 0 Å².